The molecule has 0 unspecified atom stereocenters. The van der Waals surface area contributed by atoms with Crippen molar-refractivity contribution in [2.45, 2.75) is 34.6 Å². The van der Waals surface area contributed by atoms with Crippen molar-refractivity contribution in [2.75, 3.05) is 0 Å². The van der Waals surface area contributed by atoms with E-state index in [2.05, 4.69) is 39.6 Å². The maximum absolute atomic E-state index is 4.43. The third-order valence-corrected chi connectivity index (χ3v) is 2.55. The van der Waals surface area contributed by atoms with Gasteiger partial charge in [-0.05, 0) is 51.3 Å². The molecular weight excluding hydrogens is 185 g/mol. The molecule has 0 amide bonds. The summed E-state index contributed by atoms with van der Waals surface area (Å²) in [7, 11) is 0. The Balaban J connectivity index is 0.00000121. The van der Waals surface area contributed by atoms with Crippen LogP contribution in [0.1, 0.15) is 28.1 Å². The van der Waals surface area contributed by atoms with Gasteiger partial charge >= 0.3 is 0 Å². The number of aryl methyl sites for hydroxylation is 2. The quantitative estimate of drug-likeness (QED) is 0.627. The van der Waals surface area contributed by atoms with E-state index in [4.69, 9.17) is 0 Å². The molecule has 12 heavy (non-hydrogen) atoms. The number of nitrogens with zero attached hydrogens (tertiary/aromatic N) is 1. The van der Waals surface area contributed by atoms with Gasteiger partial charge in [-0.15, -0.1) is 0 Å². The molecule has 65 valence electrons. The largest absolute Gasteiger partial charge is 0.258 e. The van der Waals surface area contributed by atoms with Crippen molar-refractivity contribution >= 4 is 0 Å². The van der Waals surface area contributed by atoms with E-state index >= 15 is 0 Å². The number of aromatic nitrogens is 1. The Morgan fingerprint density at radius 1 is 0.667 bits per heavy atom. The van der Waals surface area contributed by atoms with E-state index in [1.807, 2.05) is 0 Å². The van der Waals surface area contributed by atoms with Crippen LogP contribution >= 0.6 is 0 Å². The summed E-state index contributed by atoms with van der Waals surface area (Å²) in [6, 6.07) is 0. The van der Waals surface area contributed by atoms with Crippen LogP contribution in [0.2, 0.25) is 0 Å². The van der Waals surface area contributed by atoms with E-state index in [0.717, 1.165) is 11.4 Å². The van der Waals surface area contributed by atoms with Gasteiger partial charge in [0, 0.05) is 29.9 Å². The molecule has 0 aliphatic carbocycles. The van der Waals surface area contributed by atoms with Gasteiger partial charge in [-0.3, -0.25) is 4.98 Å². The molecule has 0 saturated carbocycles. The van der Waals surface area contributed by atoms with Crippen molar-refractivity contribution < 1.29 is 18.6 Å². The number of rotatable bonds is 0. The zero-order chi connectivity index (χ0) is 8.59. The standard InChI is InChI=1S/C10H15N.V/c1-6-7(2)9(4)11-10(5)8(6)3;/h1-5H3;. The number of pyridine rings is 1. The van der Waals surface area contributed by atoms with Gasteiger partial charge in [0.15, 0.2) is 0 Å². The smallest absolute Gasteiger partial charge is 0.0407 e. The van der Waals surface area contributed by atoms with Crippen molar-refractivity contribution in [1.82, 2.24) is 4.98 Å². The fraction of sp³-hybridized carbons (Fsp3) is 0.500. The molecular formula is C10H15NV. The van der Waals surface area contributed by atoms with Crippen molar-refractivity contribution in [1.29, 1.82) is 0 Å². The van der Waals surface area contributed by atoms with Crippen LogP contribution in [0.15, 0.2) is 0 Å². The first-order chi connectivity index (χ1) is 5.04. The molecule has 0 aliphatic heterocycles. The SMILES string of the molecule is Cc1nc(C)c(C)c(C)c1C.[V]. The first-order valence-electron chi connectivity index (χ1n) is 3.95. The van der Waals surface area contributed by atoms with Crippen molar-refractivity contribution in [3.8, 4) is 0 Å². The molecule has 0 atom stereocenters. The molecule has 0 fully saturated rings. The van der Waals surface area contributed by atoms with Gasteiger partial charge in [-0.25, -0.2) is 0 Å². The van der Waals surface area contributed by atoms with E-state index in [1.54, 1.807) is 0 Å². The minimum atomic E-state index is 0. The zero-order valence-electron chi connectivity index (χ0n) is 8.39. The fourth-order valence-corrected chi connectivity index (χ4v) is 1.24. The molecule has 0 spiro atoms. The third kappa shape index (κ3) is 1.91. The molecule has 1 nitrogen and oxygen atoms in total. The van der Waals surface area contributed by atoms with Gasteiger partial charge in [0.1, 0.15) is 0 Å². The van der Waals surface area contributed by atoms with Crippen LogP contribution < -0.4 is 0 Å². The van der Waals surface area contributed by atoms with Gasteiger partial charge in [0.05, 0.1) is 0 Å². The van der Waals surface area contributed by atoms with Crippen LogP contribution in [0.25, 0.3) is 0 Å². The third-order valence-electron chi connectivity index (χ3n) is 2.55. The maximum atomic E-state index is 4.43. The molecule has 2 heteroatoms. The van der Waals surface area contributed by atoms with Gasteiger partial charge in [0.25, 0.3) is 0 Å². The second kappa shape index (κ2) is 4.11. The molecule has 0 aliphatic rings. The summed E-state index contributed by atoms with van der Waals surface area (Å²) in [5.41, 5.74) is 6.35. The molecule has 1 rings (SSSR count). The minimum Gasteiger partial charge on any atom is -0.258 e. The van der Waals surface area contributed by atoms with E-state index in [1.165, 1.54) is 16.7 Å². The molecule has 1 aromatic heterocycles. The molecule has 1 heterocycles. The Bertz CT molecular complexity index is 266. The van der Waals surface area contributed by atoms with Crippen LogP contribution in [-0.2, 0) is 18.6 Å². The summed E-state index contributed by atoms with van der Waals surface area (Å²) in [5.74, 6) is 0. The summed E-state index contributed by atoms with van der Waals surface area (Å²) < 4.78 is 0. The average molecular weight is 200 g/mol. The Kier molecular flexibility index (Phi) is 4.02. The second-order valence-corrected chi connectivity index (χ2v) is 3.16. The van der Waals surface area contributed by atoms with Gasteiger partial charge in [-0.2, -0.15) is 0 Å². The summed E-state index contributed by atoms with van der Waals surface area (Å²) >= 11 is 0. The second-order valence-electron chi connectivity index (χ2n) is 3.16. The summed E-state index contributed by atoms with van der Waals surface area (Å²) in [4.78, 5) is 4.43. The van der Waals surface area contributed by atoms with E-state index in [-0.39, 0.29) is 18.6 Å². The molecule has 0 bridgehead atoms. The minimum absolute atomic E-state index is 0. The first-order valence-corrected chi connectivity index (χ1v) is 3.95. The monoisotopic (exact) mass is 200 g/mol. The number of hydrogen-bond acceptors (Lipinski definition) is 1. The fourth-order valence-electron chi connectivity index (χ4n) is 1.24. The van der Waals surface area contributed by atoms with Crippen LogP contribution in [0.4, 0.5) is 0 Å². The van der Waals surface area contributed by atoms with Crippen LogP contribution in [0.5, 0.6) is 0 Å². The molecule has 1 radical (unpaired) electrons. The van der Waals surface area contributed by atoms with E-state index in [0.29, 0.717) is 0 Å². The Labute approximate surface area is 86.5 Å². The predicted molar refractivity (Wildman–Crippen MR) is 47.9 cm³/mol. The Morgan fingerprint density at radius 2 is 1.00 bits per heavy atom. The van der Waals surface area contributed by atoms with Crippen molar-refractivity contribution in [3.63, 3.8) is 0 Å². The first kappa shape index (κ1) is 11.7. The summed E-state index contributed by atoms with van der Waals surface area (Å²) in [5, 5.41) is 0. The van der Waals surface area contributed by atoms with Crippen LogP contribution in [-0.4, -0.2) is 4.98 Å². The van der Waals surface area contributed by atoms with Crippen LogP contribution in [0.3, 0.4) is 0 Å². The molecule has 1 aromatic rings. The maximum Gasteiger partial charge on any atom is 0.0407 e. The molecule has 0 saturated heterocycles. The molecule has 0 aromatic carbocycles. The van der Waals surface area contributed by atoms with Crippen molar-refractivity contribution in [2.24, 2.45) is 0 Å². The summed E-state index contributed by atoms with van der Waals surface area (Å²) in [6.07, 6.45) is 0. The Hall–Kier alpha value is -0.266. The van der Waals surface area contributed by atoms with Gasteiger partial charge < -0.3 is 0 Å². The van der Waals surface area contributed by atoms with E-state index < -0.39 is 0 Å². The van der Waals surface area contributed by atoms with Crippen LogP contribution in [0, 0.1) is 34.6 Å². The summed E-state index contributed by atoms with van der Waals surface area (Å²) in [6.45, 7) is 10.5. The van der Waals surface area contributed by atoms with E-state index in [9.17, 15) is 0 Å². The Morgan fingerprint density at radius 3 is 1.33 bits per heavy atom. The van der Waals surface area contributed by atoms with Gasteiger partial charge in [-0.1, -0.05) is 0 Å². The molecule has 0 N–H and O–H groups in total. The predicted octanol–water partition coefficient (Wildman–Crippen LogP) is 2.62. The van der Waals surface area contributed by atoms with Crippen molar-refractivity contribution in [3.05, 3.63) is 28.1 Å². The zero-order valence-corrected chi connectivity index (χ0v) is 9.79. The normalized spacial score (nSPS) is 9.42. The average Bonchev–Trinajstić information content (AvgIpc) is 1.97. The topological polar surface area (TPSA) is 12.9 Å². The number of hydrogen-bond donors (Lipinski definition) is 0. The van der Waals surface area contributed by atoms with Gasteiger partial charge in [0.2, 0.25) is 0 Å².